The number of aryl methyl sites for hydroxylation is 2. The molecule has 0 aliphatic carbocycles. The quantitative estimate of drug-likeness (QED) is 0.730. The molecule has 74 valence electrons. The maximum Gasteiger partial charge on any atom is 0.387 e. The first-order valence-electron chi connectivity index (χ1n) is 4.00. The lowest BCUT2D eigenvalue weighted by molar-refractivity contribution is -0.0504. The summed E-state index contributed by atoms with van der Waals surface area (Å²) < 4.78 is 28.2. The van der Waals surface area contributed by atoms with Crippen LogP contribution in [0.5, 0.6) is 5.75 Å². The van der Waals surface area contributed by atoms with Gasteiger partial charge in [0.1, 0.15) is 11.8 Å². The van der Waals surface area contributed by atoms with Gasteiger partial charge >= 0.3 is 6.61 Å². The second-order valence-electron chi connectivity index (χ2n) is 2.95. The summed E-state index contributed by atoms with van der Waals surface area (Å²) in [5.74, 6) is -0.0342. The van der Waals surface area contributed by atoms with E-state index in [1.54, 1.807) is 19.9 Å². The highest BCUT2D eigenvalue weighted by Gasteiger charge is 2.12. The van der Waals surface area contributed by atoms with Crippen LogP contribution in [0.25, 0.3) is 0 Å². The van der Waals surface area contributed by atoms with Crippen LogP contribution < -0.4 is 4.74 Å². The van der Waals surface area contributed by atoms with Gasteiger partial charge in [0.05, 0.1) is 5.56 Å². The predicted octanol–water partition coefficient (Wildman–Crippen LogP) is 2.78. The predicted molar refractivity (Wildman–Crippen MR) is 47.3 cm³/mol. The van der Waals surface area contributed by atoms with Crippen molar-refractivity contribution < 1.29 is 13.5 Å². The third-order valence-corrected chi connectivity index (χ3v) is 1.75. The minimum atomic E-state index is -2.90. The number of nitriles is 1. The summed E-state index contributed by atoms with van der Waals surface area (Å²) in [5.41, 5.74) is 1.53. The van der Waals surface area contributed by atoms with Crippen molar-refractivity contribution >= 4 is 0 Å². The molecule has 14 heavy (non-hydrogen) atoms. The molecule has 0 saturated carbocycles. The van der Waals surface area contributed by atoms with Crippen LogP contribution in [0.3, 0.4) is 0 Å². The molecule has 0 N–H and O–H groups in total. The molecule has 0 radical (unpaired) electrons. The fraction of sp³-hybridized carbons (Fsp3) is 0.300. The van der Waals surface area contributed by atoms with E-state index in [2.05, 4.69) is 4.74 Å². The molecular weight excluding hydrogens is 188 g/mol. The van der Waals surface area contributed by atoms with Gasteiger partial charge in [-0.1, -0.05) is 6.07 Å². The Morgan fingerprint density at radius 3 is 2.50 bits per heavy atom. The Morgan fingerprint density at radius 1 is 1.36 bits per heavy atom. The molecule has 0 aliphatic rings. The fourth-order valence-electron chi connectivity index (χ4n) is 1.28. The lowest BCUT2D eigenvalue weighted by Gasteiger charge is -2.10. The molecular formula is C10H9F2NO. The molecule has 0 bridgehead atoms. The first kappa shape index (κ1) is 10.5. The molecule has 0 spiro atoms. The van der Waals surface area contributed by atoms with E-state index >= 15 is 0 Å². The molecule has 0 heterocycles. The average Bonchev–Trinajstić information content (AvgIpc) is 2.08. The van der Waals surface area contributed by atoms with E-state index in [0.29, 0.717) is 5.56 Å². The van der Waals surface area contributed by atoms with E-state index < -0.39 is 6.61 Å². The lowest BCUT2D eigenvalue weighted by Crippen LogP contribution is -2.05. The first-order valence-corrected chi connectivity index (χ1v) is 4.00. The molecule has 0 atom stereocenters. The van der Waals surface area contributed by atoms with Gasteiger partial charge in [0, 0.05) is 0 Å². The second-order valence-corrected chi connectivity index (χ2v) is 2.95. The van der Waals surface area contributed by atoms with Crippen molar-refractivity contribution in [3.8, 4) is 11.8 Å². The van der Waals surface area contributed by atoms with Crippen LogP contribution in [0.2, 0.25) is 0 Å². The van der Waals surface area contributed by atoms with Gasteiger partial charge in [0.15, 0.2) is 0 Å². The molecule has 2 nitrogen and oxygen atoms in total. The minimum absolute atomic E-state index is 0.0342. The van der Waals surface area contributed by atoms with Gasteiger partial charge in [-0.3, -0.25) is 0 Å². The standard InChI is InChI=1S/C10H9F2NO/c1-6-3-7(2)9(14-10(11)12)8(4-6)5-13/h3-4,10H,1-2H3. The van der Waals surface area contributed by atoms with Crippen molar-refractivity contribution in [3.05, 3.63) is 28.8 Å². The summed E-state index contributed by atoms with van der Waals surface area (Å²) in [5, 5.41) is 8.71. The van der Waals surface area contributed by atoms with Gasteiger partial charge in [-0.15, -0.1) is 0 Å². The van der Waals surface area contributed by atoms with Gasteiger partial charge in [0.2, 0.25) is 0 Å². The highest BCUT2D eigenvalue weighted by Crippen LogP contribution is 2.26. The maximum absolute atomic E-state index is 12.0. The van der Waals surface area contributed by atoms with Crippen molar-refractivity contribution in [2.24, 2.45) is 0 Å². The van der Waals surface area contributed by atoms with Crippen molar-refractivity contribution in [2.45, 2.75) is 20.5 Å². The van der Waals surface area contributed by atoms with Crippen molar-refractivity contribution in [3.63, 3.8) is 0 Å². The summed E-state index contributed by atoms with van der Waals surface area (Å²) in [6.45, 7) is 0.523. The molecule has 1 rings (SSSR count). The van der Waals surface area contributed by atoms with Crippen LogP contribution in [-0.4, -0.2) is 6.61 Å². The summed E-state index contributed by atoms with van der Waals surface area (Å²) in [7, 11) is 0. The van der Waals surface area contributed by atoms with E-state index in [-0.39, 0.29) is 11.3 Å². The van der Waals surface area contributed by atoms with Crippen LogP contribution in [0.15, 0.2) is 12.1 Å². The zero-order chi connectivity index (χ0) is 10.7. The van der Waals surface area contributed by atoms with E-state index in [4.69, 9.17) is 5.26 Å². The number of rotatable bonds is 2. The number of alkyl halides is 2. The Hall–Kier alpha value is -1.63. The van der Waals surface area contributed by atoms with Gasteiger partial charge in [0.25, 0.3) is 0 Å². The van der Waals surface area contributed by atoms with Crippen molar-refractivity contribution in [1.29, 1.82) is 5.26 Å². The highest BCUT2D eigenvalue weighted by atomic mass is 19.3. The minimum Gasteiger partial charge on any atom is -0.433 e. The van der Waals surface area contributed by atoms with Crippen molar-refractivity contribution in [2.75, 3.05) is 0 Å². The second kappa shape index (κ2) is 4.05. The molecule has 0 saturated heterocycles. The molecule has 0 aliphatic heterocycles. The third kappa shape index (κ3) is 2.19. The average molecular weight is 197 g/mol. The summed E-state index contributed by atoms with van der Waals surface area (Å²) in [6, 6.07) is 5.04. The van der Waals surface area contributed by atoms with Gasteiger partial charge < -0.3 is 4.74 Å². The number of halogens is 2. The van der Waals surface area contributed by atoms with Crippen LogP contribution in [-0.2, 0) is 0 Å². The first-order chi connectivity index (χ1) is 6.54. The summed E-state index contributed by atoms with van der Waals surface area (Å²) >= 11 is 0. The van der Waals surface area contributed by atoms with E-state index in [0.717, 1.165) is 5.56 Å². The van der Waals surface area contributed by atoms with E-state index in [1.807, 2.05) is 6.07 Å². The molecule has 1 aromatic carbocycles. The maximum atomic E-state index is 12.0. The van der Waals surface area contributed by atoms with Crippen molar-refractivity contribution in [1.82, 2.24) is 0 Å². The Labute approximate surface area is 80.7 Å². The van der Waals surface area contributed by atoms with E-state index in [9.17, 15) is 8.78 Å². The SMILES string of the molecule is Cc1cc(C)c(OC(F)F)c(C#N)c1. The molecule has 0 unspecified atom stereocenters. The van der Waals surface area contributed by atoms with Crippen LogP contribution in [0, 0.1) is 25.2 Å². The summed E-state index contributed by atoms with van der Waals surface area (Å²) in [6.07, 6.45) is 0. The number of benzene rings is 1. The van der Waals surface area contributed by atoms with Gasteiger partial charge in [-0.25, -0.2) is 0 Å². The van der Waals surface area contributed by atoms with Gasteiger partial charge in [-0.05, 0) is 31.0 Å². The molecule has 0 amide bonds. The lowest BCUT2D eigenvalue weighted by atomic mass is 10.1. The third-order valence-electron chi connectivity index (χ3n) is 1.75. The Balaban J connectivity index is 3.20. The van der Waals surface area contributed by atoms with Crippen LogP contribution in [0.4, 0.5) is 8.78 Å². The smallest absolute Gasteiger partial charge is 0.387 e. The Morgan fingerprint density at radius 2 is 2.00 bits per heavy atom. The highest BCUT2D eigenvalue weighted by molar-refractivity contribution is 5.50. The zero-order valence-electron chi connectivity index (χ0n) is 7.84. The summed E-state index contributed by atoms with van der Waals surface area (Å²) in [4.78, 5) is 0. The molecule has 0 fully saturated rings. The fourth-order valence-corrected chi connectivity index (χ4v) is 1.28. The van der Waals surface area contributed by atoms with Crippen LogP contribution >= 0.6 is 0 Å². The van der Waals surface area contributed by atoms with Crippen LogP contribution in [0.1, 0.15) is 16.7 Å². The normalized spacial score (nSPS) is 10.0. The number of hydrogen-bond donors (Lipinski definition) is 0. The van der Waals surface area contributed by atoms with E-state index in [1.165, 1.54) is 6.07 Å². The monoisotopic (exact) mass is 197 g/mol. The number of nitrogens with zero attached hydrogens (tertiary/aromatic N) is 1. The topological polar surface area (TPSA) is 33.0 Å². The molecule has 0 aromatic heterocycles. The largest absolute Gasteiger partial charge is 0.433 e. The Bertz CT molecular complexity index is 382. The Kier molecular flexibility index (Phi) is 3.03. The number of ether oxygens (including phenoxy) is 1. The van der Waals surface area contributed by atoms with Gasteiger partial charge in [-0.2, -0.15) is 14.0 Å². The zero-order valence-corrected chi connectivity index (χ0v) is 7.84. The molecule has 4 heteroatoms. The number of hydrogen-bond acceptors (Lipinski definition) is 2. The molecule has 1 aromatic rings.